The molecular formula is C16H23N7O2S. The number of aromatic nitrogens is 6. The molecule has 0 aliphatic heterocycles. The highest BCUT2D eigenvalue weighted by molar-refractivity contribution is 7.89. The van der Waals surface area contributed by atoms with Gasteiger partial charge in [0.2, 0.25) is 10.0 Å². The van der Waals surface area contributed by atoms with Crippen LogP contribution in [0.5, 0.6) is 0 Å². The second-order valence-corrected chi connectivity index (χ2v) is 8.19. The van der Waals surface area contributed by atoms with Crippen molar-refractivity contribution in [2.24, 2.45) is 14.1 Å². The lowest BCUT2D eigenvalue weighted by Gasteiger charge is -2.20. The van der Waals surface area contributed by atoms with Crippen molar-refractivity contribution in [3.63, 3.8) is 0 Å². The van der Waals surface area contributed by atoms with E-state index < -0.39 is 10.0 Å². The molecule has 0 bridgehead atoms. The van der Waals surface area contributed by atoms with Gasteiger partial charge in [-0.15, -0.1) is 0 Å². The second-order valence-electron chi connectivity index (χ2n) is 6.26. The molecule has 3 heterocycles. The van der Waals surface area contributed by atoms with E-state index in [1.54, 1.807) is 46.7 Å². The van der Waals surface area contributed by atoms with Gasteiger partial charge in [-0.25, -0.2) is 8.42 Å². The first-order valence-electron chi connectivity index (χ1n) is 8.36. The number of sulfonamides is 1. The standard InChI is InChI=1S/C16H23N7O2S/c1-4-5-22-13-16(8-19-22)26(24,25)23(11-14-6-17-20(2)9-14)12-15-7-18-21(3)10-15/h6-10,13H,4-5,11-12H2,1-3H3. The third kappa shape index (κ3) is 4.02. The Balaban J connectivity index is 1.91. The lowest BCUT2D eigenvalue weighted by atomic mass is 10.3. The maximum atomic E-state index is 13.2. The molecule has 0 N–H and O–H groups in total. The van der Waals surface area contributed by atoms with Gasteiger partial charge in [0.05, 0.1) is 18.6 Å². The summed E-state index contributed by atoms with van der Waals surface area (Å²) in [7, 11) is -0.0929. The zero-order valence-corrected chi connectivity index (χ0v) is 16.0. The van der Waals surface area contributed by atoms with Gasteiger partial charge in [-0.05, 0) is 6.42 Å². The maximum absolute atomic E-state index is 13.2. The SMILES string of the molecule is CCCn1cc(S(=O)(=O)N(Cc2cnn(C)c2)Cc2cnn(C)c2)cn1. The summed E-state index contributed by atoms with van der Waals surface area (Å²) in [5, 5.41) is 12.4. The fourth-order valence-electron chi connectivity index (χ4n) is 2.72. The zero-order valence-electron chi connectivity index (χ0n) is 15.1. The number of aryl methyl sites for hydroxylation is 3. The molecule has 0 spiro atoms. The molecule has 10 heteroatoms. The normalized spacial score (nSPS) is 12.2. The minimum atomic E-state index is -3.70. The van der Waals surface area contributed by atoms with Gasteiger partial charge in [0, 0.05) is 63.4 Å². The van der Waals surface area contributed by atoms with E-state index in [9.17, 15) is 8.42 Å². The summed E-state index contributed by atoms with van der Waals surface area (Å²) in [6, 6.07) is 0. The summed E-state index contributed by atoms with van der Waals surface area (Å²) >= 11 is 0. The van der Waals surface area contributed by atoms with Crippen molar-refractivity contribution in [2.75, 3.05) is 0 Å². The van der Waals surface area contributed by atoms with Gasteiger partial charge < -0.3 is 0 Å². The highest BCUT2D eigenvalue weighted by Crippen LogP contribution is 2.20. The number of hydrogen-bond donors (Lipinski definition) is 0. The van der Waals surface area contributed by atoms with Gasteiger partial charge in [0.15, 0.2) is 0 Å². The Hall–Kier alpha value is -2.46. The molecule has 0 fully saturated rings. The number of rotatable bonds is 8. The second kappa shape index (κ2) is 7.42. The van der Waals surface area contributed by atoms with Crippen LogP contribution >= 0.6 is 0 Å². The summed E-state index contributed by atoms with van der Waals surface area (Å²) in [6.07, 6.45) is 10.8. The van der Waals surface area contributed by atoms with E-state index >= 15 is 0 Å². The topological polar surface area (TPSA) is 90.8 Å². The molecule has 26 heavy (non-hydrogen) atoms. The summed E-state index contributed by atoms with van der Waals surface area (Å²) in [6.45, 7) is 3.15. The van der Waals surface area contributed by atoms with Crippen LogP contribution in [0.1, 0.15) is 24.5 Å². The highest BCUT2D eigenvalue weighted by Gasteiger charge is 2.27. The fourth-order valence-corrected chi connectivity index (χ4v) is 4.09. The molecule has 3 rings (SSSR count). The Kier molecular flexibility index (Phi) is 5.23. The number of nitrogens with zero attached hydrogens (tertiary/aromatic N) is 7. The molecule has 0 aliphatic carbocycles. The Morgan fingerprint density at radius 1 is 0.923 bits per heavy atom. The van der Waals surface area contributed by atoms with Gasteiger partial charge in [0.1, 0.15) is 4.90 Å². The van der Waals surface area contributed by atoms with Crippen molar-refractivity contribution < 1.29 is 8.42 Å². The quantitative estimate of drug-likeness (QED) is 0.587. The van der Waals surface area contributed by atoms with E-state index in [2.05, 4.69) is 15.3 Å². The first-order chi connectivity index (χ1) is 12.4. The van der Waals surface area contributed by atoms with Crippen LogP contribution in [0.15, 0.2) is 42.1 Å². The van der Waals surface area contributed by atoms with Gasteiger partial charge in [-0.1, -0.05) is 6.92 Å². The summed E-state index contributed by atoms with van der Waals surface area (Å²) in [5.74, 6) is 0. The van der Waals surface area contributed by atoms with Crippen LogP contribution in [0.4, 0.5) is 0 Å². The Morgan fingerprint density at radius 3 is 1.96 bits per heavy atom. The van der Waals surface area contributed by atoms with Crippen LogP contribution in [-0.2, 0) is 43.8 Å². The van der Waals surface area contributed by atoms with Crippen molar-refractivity contribution in [3.8, 4) is 0 Å². The van der Waals surface area contributed by atoms with E-state index in [0.29, 0.717) is 6.54 Å². The molecule has 0 saturated carbocycles. The Bertz CT molecular complexity index is 928. The maximum Gasteiger partial charge on any atom is 0.246 e. The monoisotopic (exact) mass is 377 g/mol. The van der Waals surface area contributed by atoms with Gasteiger partial charge in [-0.3, -0.25) is 14.0 Å². The van der Waals surface area contributed by atoms with Crippen molar-refractivity contribution in [1.82, 2.24) is 33.6 Å². The van der Waals surface area contributed by atoms with Crippen molar-refractivity contribution in [1.29, 1.82) is 0 Å². The van der Waals surface area contributed by atoms with Crippen LogP contribution in [0.2, 0.25) is 0 Å². The summed E-state index contributed by atoms with van der Waals surface area (Å²) in [5.41, 5.74) is 1.64. The zero-order chi connectivity index (χ0) is 18.7. The van der Waals surface area contributed by atoms with Crippen LogP contribution in [-0.4, -0.2) is 42.1 Å². The third-order valence-corrected chi connectivity index (χ3v) is 5.68. The first-order valence-corrected chi connectivity index (χ1v) is 9.80. The van der Waals surface area contributed by atoms with Crippen LogP contribution in [0.25, 0.3) is 0 Å². The molecule has 0 atom stereocenters. The molecule has 0 aromatic carbocycles. The summed E-state index contributed by atoms with van der Waals surface area (Å²) in [4.78, 5) is 0.193. The molecule has 0 unspecified atom stereocenters. The van der Waals surface area contributed by atoms with E-state index in [4.69, 9.17) is 0 Å². The van der Waals surface area contributed by atoms with E-state index in [-0.39, 0.29) is 18.0 Å². The highest BCUT2D eigenvalue weighted by atomic mass is 32.2. The molecule has 3 aromatic rings. The predicted molar refractivity (Wildman–Crippen MR) is 95.4 cm³/mol. The fraction of sp³-hybridized carbons (Fsp3) is 0.438. The smallest absolute Gasteiger partial charge is 0.246 e. The molecule has 0 saturated heterocycles. The van der Waals surface area contributed by atoms with Crippen LogP contribution < -0.4 is 0 Å². The molecule has 0 amide bonds. The van der Waals surface area contributed by atoms with Crippen molar-refractivity contribution >= 4 is 10.0 Å². The minimum absolute atomic E-state index is 0.193. The minimum Gasteiger partial charge on any atom is -0.275 e. The molecule has 0 radical (unpaired) electrons. The Morgan fingerprint density at radius 2 is 1.50 bits per heavy atom. The first kappa shape index (κ1) is 18.3. The predicted octanol–water partition coefficient (Wildman–Crippen LogP) is 1.15. The van der Waals surface area contributed by atoms with Gasteiger partial charge in [0.25, 0.3) is 0 Å². The summed E-state index contributed by atoms with van der Waals surface area (Å²) < 4.78 is 32.8. The molecule has 0 aliphatic rings. The van der Waals surface area contributed by atoms with Crippen LogP contribution in [0, 0.1) is 0 Å². The largest absolute Gasteiger partial charge is 0.275 e. The van der Waals surface area contributed by atoms with Gasteiger partial charge in [-0.2, -0.15) is 19.6 Å². The van der Waals surface area contributed by atoms with Gasteiger partial charge >= 0.3 is 0 Å². The third-order valence-electron chi connectivity index (χ3n) is 3.93. The van der Waals surface area contributed by atoms with E-state index in [0.717, 1.165) is 17.5 Å². The lowest BCUT2D eigenvalue weighted by Crippen LogP contribution is -2.30. The Labute approximate surface area is 152 Å². The molecule has 3 aromatic heterocycles. The molecular weight excluding hydrogens is 354 g/mol. The molecule has 140 valence electrons. The van der Waals surface area contributed by atoms with E-state index in [1.807, 2.05) is 19.3 Å². The molecule has 9 nitrogen and oxygen atoms in total. The average Bonchev–Trinajstić information content (AvgIpc) is 3.30. The lowest BCUT2D eigenvalue weighted by molar-refractivity contribution is 0.401. The van der Waals surface area contributed by atoms with Crippen LogP contribution in [0.3, 0.4) is 0 Å². The van der Waals surface area contributed by atoms with Crippen molar-refractivity contribution in [3.05, 3.63) is 48.3 Å². The van der Waals surface area contributed by atoms with E-state index in [1.165, 1.54) is 10.5 Å². The number of hydrogen-bond acceptors (Lipinski definition) is 5. The van der Waals surface area contributed by atoms with Crippen molar-refractivity contribution in [2.45, 2.75) is 37.9 Å². The average molecular weight is 377 g/mol.